The molecule has 59 heavy (non-hydrogen) atoms. The molecular weight excluding hydrogens is 809 g/mol. The van der Waals surface area contributed by atoms with Crippen molar-refractivity contribution in [3.05, 3.63) is 0 Å². The van der Waals surface area contributed by atoms with Gasteiger partial charge in [0.15, 0.2) is 5.08 Å². The van der Waals surface area contributed by atoms with Gasteiger partial charge < -0.3 is 49.2 Å². The minimum absolute atomic E-state index is 0.0344. The van der Waals surface area contributed by atoms with Gasteiger partial charge in [-0.05, 0) is 52.4 Å². The van der Waals surface area contributed by atoms with Crippen LogP contribution >= 0.6 is 0 Å². The monoisotopic (exact) mass is 878 g/mol. The van der Waals surface area contributed by atoms with E-state index in [0.29, 0.717) is 52.6 Å². The van der Waals surface area contributed by atoms with Crippen molar-refractivity contribution in [1.29, 1.82) is 0 Å². The van der Waals surface area contributed by atoms with E-state index in [1.165, 1.54) is 0 Å². The van der Waals surface area contributed by atoms with Gasteiger partial charge in [-0.25, -0.2) is 26.3 Å². The largest absolute Gasteiger partial charge is 0.462 e. The van der Waals surface area contributed by atoms with Crippen molar-refractivity contribution >= 4 is 31.9 Å². The Morgan fingerprint density at radius 3 is 0.898 bits per heavy atom. The Bertz CT molecular complexity index is 1460. The summed E-state index contributed by atoms with van der Waals surface area (Å²) in [5.74, 6) is 0.234. The number of rotatable bonds is 36. The maximum atomic E-state index is 12.8. The van der Waals surface area contributed by atoms with Crippen molar-refractivity contribution in [2.45, 2.75) is 55.4 Å². The average molecular weight is 879 g/mol. The zero-order valence-corrected chi connectivity index (χ0v) is 38.0. The number of ether oxygens (including phenoxy) is 4. The summed E-state index contributed by atoms with van der Waals surface area (Å²) < 4.78 is 78.8. The van der Waals surface area contributed by atoms with Crippen LogP contribution in [0.25, 0.3) is 0 Å². The van der Waals surface area contributed by atoms with Gasteiger partial charge in [0.1, 0.15) is 26.4 Å². The molecule has 22 nitrogen and oxygen atoms in total. The third-order valence-electron chi connectivity index (χ3n) is 9.09. The normalized spacial score (nSPS) is 12.1. The van der Waals surface area contributed by atoms with Gasteiger partial charge in [-0.15, -0.1) is 9.97 Å². The van der Waals surface area contributed by atoms with Gasteiger partial charge in [-0.3, -0.25) is 0 Å². The fraction of sp³-hybridized carbons (Fsp3) is 0.829. The maximum absolute atomic E-state index is 12.8. The van der Waals surface area contributed by atoms with Gasteiger partial charge in [-0.2, -0.15) is 19.9 Å². The summed E-state index contributed by atoms with van der Waals surface area (Å²) in [6.45, 7) is 27.4. The van der Waals surface area contributed by atoms with E-state index in [0.717, 1.165) is 52.4 Å². The molecule has 0 radical (unpaired) electrons. The van der Waals surface area contributed by atoms with Gasteiger partial charge in [0.05, 0.1) is 0 Å². The minimum atomic E-state index is -4.25. The quantitative estimate of drug-likeness (QED) is 0.0671. The van der Waals surface area contributed by atoms with E-state index in [9.17, 15) is 16.8 Å². The number of sulfonamides is 2. The van der Waals surface area contributed by atoms with Gasteiger partial charge >= 0.3 is 24.0 Å². The molecule has 2 aromatic heterocycles. The Kier molecular flexibility index (Phi) is 25.2. The van der Waals surface area contributed by atoms with E-state index >= 15 is 0 Å². The van der Waals surface area contributed by atoms with Crippen molar-refractivity contribution < 1.29 is 35.8 Å². The third-order valence-corrected chi connectivity index (χ3v) is 12.9. The second-order valence-electron chi connectivity index (χ2n) is 12.9. The molecule has 0 fully saturated rings. The summed E-state index contributed by atoms with van der Waals surface area (Å²) >= 11 is 0. The van der Waals surface area contributed by atoms with Crippen molar-refractivity contribution in [1.82, 2.24) is 58.9 Å². The molecule has 0 aliphatic heterocycles. The van der Waals surface area contributed by atoms with Crippen LogP contribution in [0.4, 0.5) is 11.9 Å². The zero-order chi connectivity index (χ0) is 43.5. The molecular formula is C35H70N14O8S2. The molecule has 0 bridgehead atoms. The van der Waals surface area contributed by atoms with Crippen molar-refractivity contribution in [3.8, 4) is 24.0 Å². The topological polar surface area (TPSA) is 244 Å². The lowest BCUT2D eigenvalue weighted by Gasteiger charge is -2.18. The first-order valence-corrected chi connectivity index (χ1v) is 24.0. The van der Waals surface area contributed by atoms with Gasteiger partial charge in [0, 0.05) is 52.4 Å². The fourth-order valence-electron chi connectivity index (χ4n) is 5.37. The van der Waals surface area contributed by atoms with E-state index in [4.69, 9.17) is 18.9 Å². The van der Waals surface area contributed by atoms with E-state index in [2.05, 4.69) is 125 Å². The van der Waals surface area contributed by atoms with Gasteiger partial charge in [0.2, 0.25) is 31.9 Å². The van der Waals surface area contributed by atoms with Gasteiger partial charge in [-0.1, -0.05) is 55.4 Å². The molecule has 0 saturated heterocycles. The molecule has 0 saturated carbocycles. The lowest BCUT2D eigenvalue weighted by atomic mass is 10.5. The molecule has 4 N–H and O–H groups in total. The summed E-state index contributed by atoms with van der Waals surface area (Å²) in [6, 6.07) is 0.258. The second kappa shape index (κ2) is 28.9. The highest BCUT2D eigenvalue weighted by Gasteiger charge is 2.22. The smallest absolute Gasteiger partial charge is 0.324 e. The van der Waals surface area contributed by atoms with E-state index in [1.807, 2.05) is 0 Å². The van der Waals surface area contributed by atoms with Crippen LogP contribution < -0.4 is 39.0 Å². The van der Waals surface area contributed by atoms with Crippen LogP contribution in [0.15, 0.2) is 0 Å². The first kappa shape index (κ1) is 51.6. The number of hydrogen-bond acceptors (Lipinski definition) is 20. The van der Waals surface area contributed by atoms with Crippen LogP contribution in [0.1, 0.15) is 55.4 Å². The molecule has 2 aromatic rings. The number of anilines is 2. The highest BCUT2D eigenvalue weighted by Crippen LogP contribution is 2.15. The molecule has 340 valence electrons. The Morgan fingerprint density at radius 2 is 0.661 bits per heavy atom. The Balaban J connectivity index is 1.93. The second-order valence-corrected chi connectivity index (χ2v) is 16.9. The fourth-order valence-corrected chi connectivity index (χ4v) is 8.49. The van der Waals surface area contributed by atoms with E-state index in [1.54, 1.807) is 0 Å². The Morgan fingerprint density at radius 1 is 0.407 bits per heavy atom. The average Bonchev–Trinajstić information content (AvgIpc) is 3.21. The number of nitrogens with one attached hydrogen (secondary N) is 4. The van der Waals surface area contributed by atoms with Crippen LogP contribution in [0.2, 0.25) is 0 Å². The van der Waals surface area contributed by atoms with Crippen molar-refractivity contribution in [3.63, 3.8) is 0 Å². The molecule has 0 atom stereocenters. The summed E-state index contributed by atoms with van der Waals surface area (Å²) in [5, 5.41) is 4.68. The lowest BCUT2D eigenvalue weighted by Crippen LogP contribution is -2.39. The standard InChI is InChI=1S/C35H70N14O8S2/c1-9-46(10-2)21-25-54-32-40-30(41-33(44-32)55-26-22-47(11-3)12-4)36-17-19-38-58(50,51)29-59(52,53)39-20-18-37-31-42-34(56-27-23-48(13-5)14-6)45-35(43-31)57-28-24-49(15-7)16-8/h38-39H,9-29H2,1-8H3,(H,36,40,41,44)(H,37,42,43,45). The molecule has 0 spiro atoms. The van der Waals surface area contributed by atoms with Crippen LogP contribution in [0, 0.1) is 0 Å². The number of likely N-dealkylation sites (N-methyl/N-ethyl adjacent to an activating group) is 4. The SMILES string of the molecule is CCN(CC)CCOc1nc(NCCNS(=O)(=O)CS(=O)(=O)NCCNc2nc(OCCN(CC)CC)nc(OCCN(CC)CC)n2)nc(OCCN(CC)CC)n1. The van der Waals surface area contributed by atoms with Crippen LogP contribution in [-0.2, 0) is 20.0 Å². The van der Waals surface area contributed by atoms with Crippen molar-refractivity contribution in [2.24, 2.45) is 0 Å². The molecule has 0 unspecified atom stereocenters. The number of nitrogens with zero attached hydrogens (tertiary/aromatic N) is 10. The van der Waals surface area contributed by atoms with Crippen molar-refractivity contribution in [2.75, 3.05) is 147 Å². The zero-order valence-electron chi connectivity index (χ0n) is 36.4. The maximum Gasteiger partial charge on any atom is 0.324 e. The predicted molar refractivity (Wildman–Crippen MR) is 228 cm³/mol. The van der Waals surface area contributed by atoms with E-state index in [-0.39, 0.29) is 62.1 Å². The van der Waals surface area contributed by atoms with Crippen LogP contribution in [-0.4, -0.2) is 203 Å². The molecule has 2 rings (SSSR count). The Hall–Kier alpha value is -3.52. The number of hydrogen-bond donors (Lipinski definition) is 4. The highest BCUT2D eigenvalue weighted by atomic mass is 32.3. The predicted octanol–water partition coefficient (Wildman–Crippen LogP) is 0.259. The summed E-state index contributed by atoms with van der Waals surface area (Å²) in [4.78, 5) is 34.5. The minimum Gasteiger partial charge on any atom is -0.462 e. The van der Waals surface area contributed by atoms with E-state index < -0.39 is 25.1 Å². The van der Waals surface area contributed by atoms with Gasteiger partial charge in [0.25, 0.3) is 0 Å². The van der Waals surface area contributed by atoms with Crippen LogP contribution in [0.5, 0.6) is 24.0 Å². The first-order valence-electron chi connectivity index (χ1n) is 20.7. The molecule has 0 amide bonds. The number of aromatic nitrogens is 6. The summed E-state index contributed by atoms with van der Waals surface area (Å²) in [6.07, 6.45) is 0. The molecule has 0 aromatic carbocycles. The molecule has 0 aliphatic carbocycles. The Labute approximate surface area is 352 Å². The third kappa shape index (κ3) is 22.1. The first-order chi connectivity index (χ1) is 28.3. The lowest BCUT2D eigenvalue weighted by molar-refractivity contribution is 0.197. The van der Waals surface area contributed by atoms with Crippen LogP contribution in [0.3, 0.4) is 0 Å². The highest BCUT2D eigenvalue weighted by molar-refractivity contribution is 8.06. The molecule has 24 heteroatoms. The summed E-state index contributed by atoms with van der Waals surface area (Å²) in [7, 11) is -8.49. The molecule has 0 aliphatic rings. The molecule has 2 heterocycles. The summed E-state index contributed by atoms with van der Waals surface area (Å²) in [5.41, 5.74) is 0.